The van der Waals surface area contributed by atoms with Crippen molar-refractivity contribution < 1.29 is 38.8 Å². The molecule has 1 fully saturated rings. The van der Waals surface area contributed by atoms with Crippen molar-refractivity contribution in [2.45, 2.75) is 90.4 Å². The van der Waals surface area contributed by atoms with Crippen LogP contribution in [0.25, 0.3) is 0 Å². The van der Waals surface area contributed by atoms with E-state index in [1.165, 1.54) is 0 Å². The number of aliphatic hydroxyl groups is 2. The van der Waals surface area contributed by atoms with Gasteiger partial charge in [-0.2, -0.15) is 0 Å². The van der Waals surface area contributed by atoms with Gasteiger partial charge in [-0.05, 0) is 73.6 Å². The Morgan fingerprint density at radius 2 is 1.82 bits per heavy atom. The molecule has 49 heavy (non-hydrogen) atoms. The number of rotatable bonds is 18. The number of unbranched alkanes of at least 4 members (excludes halogenated alkanes) is 2. The van der Waals surface area contributed by atoms with Crippen LogP contribution in [0, 0.1) is 23.2 Å². The van der Waals surface area contributed by atoms with Crippen molar-refractivity contribution in [3.63, 3.8) is 0 Å². The number of hydrogen-bond acceptors (Lipinski definition) is 9. The van der Waals surface area contributed by atoms with Crippen molar-refractivity contribution in [3.05, 3.63) is 60.7 Å². The first-order valence-corrected chi connectivity index (χ1v) is 17.9. The molecule has 0 saturated heterocycles. The van der Waals surface area contributed by atoms with Crippen LogP contribution in [0.15, 0.2) is 60.3 Å². The van der Waals surface area contributed by atoms with Crippen molar-refractivity contribution >= 4 is 11.8 Å². The summed E-state index contributed by atoms with van der Waals surface area (Å²) in [5.74, 6) is -0.139. The highest BCUT2D eigenvalue weighted by Crippen LogP contribution is 2.61. The second-order valence-corrected chi connectivity index (χ2v) is 14.5. The van der Waals surface area contributed by atoms with Gasteiger partial charge in [0.05, 0.1) is 24.8 Å². The fourth-order valence-electron chi connectivity index (χ4n) is 7.62. The Morgan fingerprint density at radius 1 is 1.10 bits per heavy atom. The van der Waals surface area contributed by atoms with Gasteiger partial charge in [-0.25, -0.2) is 4.79 Å². The van der Waals surface area contributed by atoms with Crippen LogP contribution in [-0.4, -0.2) is 85.4 Å². The number of carbonyl (C=O) groups excluding carboxylic acids is 1. The Bertz CT molecular complexity index is 1340. The molecule has 0 unspecified atom stereocenters. The van der Waals surface area contributed by atoms with Gasteiger partial charge in [0.1, 0.15) is 30.8 Å². The Morgan fingerprint density at radius 3 is 2.47 bits per heavy atom. The minimum Gasteiger partial charge on any atom is -0.490 e. The van der Waals surface area contributed by atoms with Crippen molar-refractivity contribution in [1.82, 2.24) is 4.90 Å². The molecular formula is C39H58N2O8. The van der Waals surface area contributed by atoms with Gasteiger partial charge in [0.15, 0.2) is 0 Å². The molecule has 2 aliphatic carbocycles. The number of aliphatic hydroxyl groups excluding tert-OH is 2. The Labute approximate surface area is 292 Å². The number of carbonyl (C=O) groups is 1. The number of nitrogens with zero attached hydrogens (tertiary/aromatic N) is 2. The number of oxime groups is 1. The first-order valence-electron chi connectivity index (χ1n) is 17.9. The van der Waals surface area contributed by atoms with Crippen molar-refractivity contribution in [2.24, 2.45) is 28.3 Å². The molecule has 0 aromatic heterocycles. The van der Waals surface area contributed by atoms with E-state index in [4.69, 9.17) is 23.8 Å². The summed E-state index contributed by atoms with van der Waals surface area (Å²) in [7, 11) is 1.74. The number of benzene rings is 1. The van der Waals surface area contributed by atoms with E-state index in [0.29, 0.717) is 44.0 Å². The summed E-state index contributed by atoms with van der Waals surface area (Å²) in [5.41, 5.74) is 2.53. The lowest BCUT2D eigenvalue weighted by molar-refractivity contribution is -0.253. The van der Waals surface area contributed by atoms with Crippen LogP contribution in [0.5, 0.6) is 11.5 Å². The number of ether oxygens (including phenoxy) is 4. The normalized spacial score (nSPS) is 26.5. The van der Waals surface area contributed by atoms with Gasteiger partial charge in [0, 0.05) is 38.2 Å². The predicted molar refractivity (Wildman–Crippen MR) is 191 cm³/mol. The lowest BCUT2D eigenvalue weighted by Gasteiger charge is -2.59. The van der Waals surface area contributed by atoms with Gasteiger partial charge < -0.3 is 38.9 Å². The summed E-state index contributed by atoms with van der Waals surface area (Å²) in [4.78, 5) is 21.1. The molecule has 2 N–H and O–H groups in total. The lowest BCUT2D eigenvalue weighted by atomic mass is 9.55. The summed E-state index contributed by atoms with van der Waals surface area (Å²) in [5, 5.41) is 24.1. The molecule has 1 amide bonds. The van der Waals surface area contributed by atoms with E-state index in [9.17, 15) is 15.0 Å². The van der Waals surface area contributed by atoms with Crippen molar-refractivity contribution in [1.29, 1.82) is 0 Å². The molecule has 272 valence electrons. The molecule has 3 aliphatic rings. The highest BCUT2D eigenvalue weighted by molar-refractivity contribution is 6.02. The highest BCUT2D eigenvalue weighted by atomic mass is 16.7. The summed E-state index contributed by atoms with van der Waals surface area (Å²) in [6.07, 6.45) is 10.5. The van der Waals surface area contributed by atoms with Gasteiger partial charge in [0.25, 0.3) is 0 Å². The second-order valence-electron chi connectivity index (χ2n) is 14.5. The smallest absolute Gasteiger partial charge is 0.410 e. The largest absolute Gasteiger partial charge is 0.490 e. The highest BCUT2D eigenvalue weighted by Gasteiger charge is 2.65. The van der Waals surface area contributed by atoms with Crippen LogP contribution in [0.1, 0.15) is 84.1 Å². The lowest BCUT2D eigenvalue weighted by Crippen LogP contribution is -2.69. The zero-order valence-corrected chi connectivity index (χ0v) is 30.2. The zero-order valence-electron chi connectivity index (χ0n) is 30.2. The molecule has 0 radical (unpaired) electrons. The topological polar surface area (TPSA) is 119 Å². The molecule has 1 heterocycles. The third kappa shape index (κ3) is 8.88. The van der Waals surface area contributed by atoms with Gasteiger partial charge in [-0.15, -0.1) is 6.58 Å². The van der Waals surface area contributed by atoms with E-state index in [1.54, 1.807) is 24.1 Å². The number of allylic oxidation sites excluding steroid dienone is 1. The zero-order chi connectivity index (χ0) is 35.6. The maximum atomic E-state index is 13.8. The molecule has 0 bridgehead atoms. The monoisotopic (exact) mass is 682 g/mol. The molecule has 1 aliphatic heterocycles. The van der Waals surface area contributed by atoms with Crippen LogP contribution >= 0.6 is 0 Å². The average molecular weight is 683 g/mol. The van der Waals surface area contributed by atoms with E-state index < -0.39 is 17.9 Å². The maximum Gasteiger partial charge on any atom is 0.410 e. The summed E-state index contributed by atoms with van der Waals surface area (Å²) >= 11 is 0. The minimum atomic E-state index is -1.31. The van der Waals surface area contributed by atoms with Gasteiger partial charge >= 0.3 is 6.09 Å². The fraction of sp³-hybridized carbons (Fsp3) is 0.641. The number of hydrogen-bond donors (Lipinski definition) is 2. The predicted octanol–water partition coefficient (Wildman–Crippen LogP) is 7.02. The van der Waals surface area contributed by atoms with Crippen LogP contribution in [0.2, 0.25) is 0 Å². The Balaban J connectivity index is 1.98. The SMILES string of the molecule is C=CCOc1ccc2c(c1)[C@H]1[C@H](CCCCO)[C@@H](CCCCO)C=C3C(=NOCC)C[C@H](N(C)C(=O)OCC(C)(C)C)[C@@](OCC=C)(O2)[C@H]31. The van der Waals surface area contributed by atoms with E-state index in [0.717, 1.165) is 42.5 Å². The molecule has 1 saturated carbocycles. The maximum absolute atomic E-state index is 13.8. The van der Waals surface area contributed by atoms with Gasteiger partial charge in [-0.3, -0.25) is 0 Å². The van der Waals surface area contributed by atoms with Crippen molar-refractivity contribution in [2.75, 3.05) is 46.7 Å². The van der Waals surface area contributed by atoms with Crippen LogP contribution in [0.3, 0.4) is 0 Å². The molecule has 10 nitrogen and oxygen atoms in total. The van der Waals surface area contributed by atoms with Crippen LogP contribution in [0.4, 0.5) is 4.79 Å². The summed E-state index contributed by atoms with van der Waals surface area (Å²) in [6, 6.07) is 5.27. The average Bonchev–Trinajstić information content (AvgIpc) is 3.08. The minimum absolute atomic E-state index is 0.118. The fourth-order valence-corrected chi connectivity index (χ4v) is 7.62. The second kappa shape index (κ2) is 17.5. The number of fused-ring (bicyclic) bond motifs is 2. The number of likely N-dealkylation sites (N-methyl/N-ethyl adjacent to an activating group) is 1. The quantitative estimate of drug-likeness (QED) is 0.0964. The number of amides is 1. The van der Waals surface area contributed by atoms with E-state index in [2.05, 4.69) is 30.5 Å². The third-order valence-electron chi connectivity index (χ3n) is 9.70. The Hall–Kier alpha value is -3.34. The van der Waals surface area contributed by atoms with Crippen molar-refractivity contribution in [3.8, 4) is 11.5 Å². The van der Waals surface area contributed by atoms with Gasteiger partial charge in [-0.1, -0.05) is 63.6 Å². The summed E-state index contributed by atoms with van der Waals surface area (Å²) < 4.78 is 25.8. The van der Waals surface area contributed by atoms with E-state index in [1.807, 2.05) is 39.8 Å². The molecule has 4 rings (SSSR count). The molecule has 1 aromatic carbocycles. The molecular weight excluding hydrogens is 624 g/mol. The van der Waals surface area contributed by atoms with Gasteiger partial charge in [0.2, 0.25) is 5.79 Å². The molecule has 10 heteroatoms. The summed E-state index contributed by atoms with van der Waals surface area (Å²) in [6.45, 7) is 17.2. The first kappa shape index (κ1) is 38.5. The van der Waals surface area contributed by atoms with E-state index >= 15 is 0 Å². The third-order valence-corrected chi connectivity index (χ3v) is 9.70. The molecule has 1 aromatic rings. The Kier molecular flexibility index (Phi) is 13.8. The molecule has 6 atom stereocenters. The van der Waals surface area contributed by atoms with E-state index in [-0.39, 0.29) is 55.5 Å². The standard InChI is InChI=1S/C39H58N2O8/c1-8-21-45-28-17-18-33-31(24-28)35-29(16-12-14-20-43)27(15-11-13-19-42)23-30-32(40-48-10-3)25-34(39(49-33,36(30)35)47-22-9-2)41(7)37(44)46-26-38(4,5)6/h8-9,17-18,23-24,27,29,34-36,42-43H,1-2,10-16,19-22,25-26H2,3-7H3/t27-,29+,34-,35+,36+,39+/m0/s1. The van der Waals surface area contributed by atoms with Crippen LogP contribution in [-0.2, 0) is 14.3 Å². The molecule has 0 spiro atoms. The van der Waals surface area contributed by atoms with Crippen LogP contribution < -0.4 is 9.47 Å². The first-order chi connectivity index (χ1) is 23.5.